The number of anilines is 2. The van der Waals surface area contributed by atoms with Gasteiger partial charge in [0.1, 0.15) is 5.82 Å². The van der Waals surface area contributed by atoms with Crippen molar-refractivity contribution in [2.75, 3.05) is 43.4 Å². The van der Waals surface area contributed by atoms with Crippen molar-refractivity contribution >= 4 is 27.7 Å². The van der Waals surface area contributed by atoms with Crippen molar-refractivity contribution in [3.63, 3.8) is 0 Å². The molecule has 5 nitrogen and oxygen atoms in total. The van der Waals surface area contributed by atoms with Gasteiger partial charge in [0.2, 0.25) is 5.95 Å². The third kappa shape index (κ3) is 3.61. The Morgan fingerprint density at radius 2 is 2.30 bits per heavy atom. The fourth-order valence-electron chi connectivity index (χ4n) is 2.79. The minimum Gasteiger partial charge on any atom is -0.357 e. The molecule has 0 radical (unpaired) electrons. The standard InChI is InChI=1S/C14H24BrN5/c1-4-16-14-17-9-12(15)13(18-14)19(3)10-11-7-6-8-20(11)5-2/h9,11H,4-8,10H2,1-3H3,(H,16,17,18). The van der Waals surface area contributed by atoms with E-state index in [-0.39, 0.29) is 0 Å². The van der Waals surface area contributed by atoms with E-state index in [1.807, 2.05) is 13.1 Å². The van der Waals surface area contributed by atoms with Crippen LogP contribution in [0.5, 0.6) is 0 Å². The first-order valence-electron chi connectivity index (χ1n) is 7.37. The average molecular weight is 342 g/mol. The first-order valence-corrected chi connectivity index (χ1v) is 8.16. The summed E-state index contributed by atoms with van der Waals surface area (Å²) in [7, 11) is 2.11. The minimum atomic E-state index is 0.634. The number of halogens is 1. The van der Waals surface area contributed by atoms with Crippen LogP contribution in [0.4, 0.5) is 11.8 Å². The van der Waals surface area contributed by atoms with Gasteiger partial charge in [-0.05, 0) is 48.8 Å². The van der Waals surface area contributed by atoms with Gasteiger partial charge >= 0.3 is 0 Å². The van der Waals surface area contributed by atoms with Crippen molar-refractivity contribution in [3.8, 4) is 0 Å². The number of aromatic nitrogens is 2. The van der Waals surface area contributed by atoms with Crippen LogP contribution in [-0.4, -0.2) is 54.1 Å². The van der Waals surface area contributed by atoms with Crippen LogP contribution in [0.1, 0.15) is 26.7 Å². The number of likely N-dealkylation sites (tertiary alicyclic amines) is 1. The zero-order valence-electron chi connectivity index (χ0n) is 12.6. The summed E-state index contributed by atoms with van der Waals surface area (Å²) < 4.78 is 0.947. The Balaban J connectivity index is 2.07. The van der Waals surface area contributed by atoms with Crippen LogP contribution in [0.3, 0.4) is 0 Å². The van der Waals surface area contributed by atoms with E-state index in [4.69, 9.17) is 0 Å². The second kappa shape index (κ2) is 7.22. The normalized spacial score (nSPS) is 19.3. The number of likely N-dealkylation sites (N-methyl/N-ethyl adjacent to an activating group) is 2. The molecule has 0 saturated carbocycles. The molecule has 6 heteroatoms. The molecule has 1 unspecified atom stereocenters. The zero-order valence-corrected chi connectivity index (χ0v) is 14.2. The SMILES string of the molecule is CCNc1ncc(Br)c(N(C)CC2CCCN2CC)n1. The molecule has 1 fully saturated rings. The summed E-state index contributed by atoms with van der Waals surface area (Å²) in [5.41, 5.74) is 0. The monoisotopic (exact) mass is 341 g/mol. The van der Waals surface area contributed by atoms with E-state index in [1.165, 1.54) is 19.4 Å². The molecule has 1 aliphatic heterocycles. The lowest BCUT2D eigenvalue weighted by Crippen LogP contribution is -2.39. The summed E-state index contributed by atoms with van der Waals surface area (Å²) in [5, 5.41) is 3.16. The highest BCUT2D eigenvalue weighted by molar-refractivity contribution is 9.10. The summed E-state index contributed by atoms with van der Waals surface area (Å²) in [5.74, 6) is 1.65. The molecule has 0 amide bonds. The molecule has 20 heavy (non-hydrogen) atoms. The Hall–Kier alpha value is -0.880. The predicted molar refractivity (Wildman–Crippen MR) is 87.4 cm³/mol. The molecule has 0 aromatic carbocycles. The molecule has 2 heterocycles. The molecule has 112 valence electrons. The highest BCUT2D eigenvalue weighted by Crippen LogP contribution is 2.25. The second-order valence-electron chi connectivity index (χ2n) is 5.20. The third-order valence-electron chi connectivity index (χ3n) is 3.81. The van der Waals surface area contributed by atoms with Gasteiger partial charge in [-0.2, -0.15) is 4.98 Å². The van der Waals surface area contributed by atoms with E-state index in [2.05, 4.69) is 55.0 Å². The Labute approximate surface area is 129 Å². The quantitative estimate of drug-likeness (QED) is 0.861. The largest absolute Gasteiger partial charge is 0.357 e. The van der Waals surface area contributed by atoms with Crippen molar-refractivity contribution in [1.82, 2.24) is 14.9 Å². The van der Waals surface area contributed by atoms with Gasteiger partial charge < -0.3 is 10.2 Å². The molecule has 1 aromatic rings. The van der Waals surface area contributed by atoms with Crippen LogP contribution in [0.25, 0.3) is 0 Å². The van der Waals surface area contributed by atoms with E-state index in [0.29, 0.717) is 12.0 Å². The van der Waals surface area contributed by atoms with Crippen molar-refractivity contribution in [2.24, 2.45) is 0 Å². The topological polar surface area (TPSA) is 44.3 Å². The molecule has 1 N–H and O–H groups in total. The lowest BCUT2D eigenvalue weighted by atomic mass is 10.2. The van der Waals surface area contributed by atoms with Gasteiger partial charge in [0.05, 0.1) is 4.47 Å². The molecule has 2 rings (SSSR count). The summed E-state index contributed by atoms with van der Waals surface area (Å²) >= 11 is 3.56. The lowest BCUT2D eigenvalue weighted by Gasteiger charge is -2.28. The van der Waals surface area contributed by atoms with Gasteiger partial charge in [-0.3, -0.25) is 4.90 Å². The van der Waals surface area contributed by atoms with Gasteiger partial charge in [-0.25, -0.2) is 4.98 Å². The number of hydrogen-bond acceptors (Lipinski definition) is 5. The van der Waals surface area contributed by atoms with Crippen LogP contribution >= 0.6 is 15.9 Å². The van der Waals surface area contributed by atoms with E-state index in [9.17, 15) is 0 Å². The molecule has 0 spiro atoms. The lowest BCUT2D eigenvalue weighted by molar-refractivity contribution is 0.270. The zero-order chi connectivity index (χ0) is 14.5. The van der Waals surface area contributed by atoms with Gasteiger partial charge in [0.15, 0.2) is 0 Å². The molecule has 1 atom stereocenters. The molecule has 1 aromatic heterocycles. The van der Waals surface area contributed by atoms with E-state index >= 15 is 0 Å². The van der Waals surface area contributed by atoms with Crippen molar-refractivity contribution < 1.29 is 0 Å². The number of nitrogens with one attached hydrogen (secondary N) is 1. The van der Waals surface area contributed by atoms with Gasteiger partial charge in [-0.15, -0.1) is 0 Å². The minimum absolute atomic E-state index is 0.634. The Morgan fingerprint density at radius 3 is 3.00 bits per heavy atom. The van der Waals surface area contributed by atoms with Crippen LogP contribution < -0.4 is 10.2 Å². The summed E-state index contributed by atoms with van der Waals surface area (Å²) in [6, 6.07) is 0.634. The second-order valence-corrected chi connectivity index (χ2v) is 6.05. The van der Waals surface area contributed by atoms with Crippen molar-refractivity contribution in [1.29, 1.82) is 0 Å². The van der Waals surface area contributed by atoms with Gasteiger partial charge in [0, 0.05) is 32.4 Å². The third-order valence-corrected chi connectivity index (χ3v) is 4.37. The van der Waals surface area contributed by atoms with E-state index in [1.54, 1.807) is 0 Å². The summed E-state index contributed by atoms with van der Waals surface area (Å²) in [4.78, 5) is 13.6. The van der Waals surface area contributed by atoms with Crippen LogP contribution in [0.15, 0.2) is 10.7 Å². The number of nitrogens with zero attached hydrogens (tertiary/aromatic N) is 4. The highest BCUT2D eigenvalue weighted by Gasteiger charge is 2.25. The molecular formula is C14H24BrN5. The maximum atomic E-state index is 4.59. The fourth-order valence-corrected chi connectivity index (χ4v) is 3.28. The van der Waals surface area contributed by atoms with Crippen LogP contribution in [0.2, 0.25) is 0 Å². The molecule has 0 aliphatic carbocycles. The van der Waals surface area contributed by atoms with E-state index in [0.717, 1.165) is 29.9 Å². The molecular weight excluding hydrogens is 318 g/mol. The van der Waals surface area contributed by atoms with Gasteiger partial charge in [0.25, 0.3) is 0 Å². The van der Waals surface area contributed by atoms with Crippen LogP contribution in [-0.2, 0) is 0 Å². The van der Waals surface area contributed by atoms with Gasteiger partial charge in [-0.1, -0.05) is 6.92 Å². The number of rotatable bonds is 6. The summed E-state index contributed by atoms with van der Waals surface area (Å²) in [6.07, 6.45) is 4.41. The first-order chi connectivity index (χ1) is 9.65. The predicted octanol–water partition coefficient (Wildman–Crippen LogP) is 2.59. The van der Waals surface area contributed by atoms with Crippen LogP contribution in [0, 0.1) is 0 Å². The summed E-state index contributed by atoms with van der Waals surface area (Å²) in [6.45, 7) is 8.48. The Bertz CT molecular complexity index is 440. The molecule has 0 bridgehead atoms. The average Bonchev–Trinajstić information content (AvgIpc) is 2.88. The maximum Gasteiger partial charge on any atom is 0.224 e. The first kappa shape index (κ1) is 15.5. The molecule has 1 aliphatic rings. The Kier molecular flexibility index (Phi) is 5.60. The Morgan fingerprint density at radius 1 is 1.50 bits per heavy atom. The maximum absolute atomic E-state index is 4.59. The smallest absolute Gasteiger partial charge is 0.224 e. The van der Waals surface area contributed by atoms with Crippen molar-refractivity contribution in [2.45, 2.75) is 32.7 Å². The molecule has 1 saturated heterocycles. The van der Waals surface area contributed by atoms with E-state index < -0.39 is 0 Å². The number of hydrogen-bond donors (Lipinski definition) is 1. The fraction of sp³-hybridized carbons (Fsp3) is 0.714. The van der Waals surface area contributed by atoms with Crippen molar-refractivity contribution in [3.05, 3.63) is 10.7 Å². The highest BCUT2D eigenvalue weighted by atomic mass is 79.9.